The normalized spacial score (nSPS) is 17.8. The topological polar surface area (TPSA) is 67.3 Å². The molecule has 7 heteroatoms. The molecular formula is C26H35ClN4O2. The van der Waals surface area contributed by atoms with Gasteiger partial charge in [-0.3, -0.25) is 4.79 Å². The molecule has 0 aliphatic carbocycles. The van der Waals surface area contributed by atoms with E-state index in [1.807, 2.05) is 25.1 Å². The van der Waals surface area contributed by atoms with Gasteiger partial charge in [0, 0.05) is 25.1 Å². The highest BCUT2D eigenvalue weighted by Gasteiger charge is 2.21. The second kappa shape index (κ2) is 11.8. The summed E-state index contributed by atoms with van der Waals surface area (Å²) in [5, 5.41) is 3.93. The number of rotatable bonds is 9. The summed E-state index contributed by atoms with van der Waals surface area (Å²) in [5.41, 5.74) is 1.86. The molecule has 2 aromatic rings. The Morgan fingerprint density at radius 3 is 2.55 bits per heavy atom. The average molecular weight is 471 g/mol. The smallest absolute Gasteiger partial charge is 0.225 e. The molecule has 0 unspecified atom stereocenters. The van der Waals surface area contributed by atoms with Crippen molar-refractivity contribution in [3.63, 3.8) is 0 Å². The summed E-state index contributed by atoms with van der Waals surface area (Å²) in [6, 6.07) is 5.91. The molecule has 0 radical (unpaired) electrons. The fraction of sp³-hybridized carbons (Fsp3) is 0.577. The Hall–Kier alpha value is -2.18. The highest BCUT2D eigenvalue weighted by atomic mass is 35.5. The zero-order valence-corrected chi connectivity index (χ0v) is 20.3. The summed E-state index contributed by atoms with van der Waals surface area (Å²) in [4.78, 5) is 23.6. The molecule has 2 aliphatic heterocycles. The number of hydrogen-bond donors (Lipinski definition) is 1. The zero-order chi connectivity index (χ0) is 23.0. The second-order valence-corrected chi connectivity index (χ2v) is 9.86. The van der Waals surface area contributed by atoms with Gasteiger partial charge < -0.3 is 15.0 Å². The Balaban J connectivity index is 1.16. The van der Waals surface area contributed by atoms with Crippen molar-refractivity contribution in [1.82, 2.24) is 15.3 Å². The lowest BCUT2D eigenvalue weighted by Crippen LogP contribution is -2.34. The maximum atomic E-state index is 12.7. The number of aryl methyl sites for hydroxylation is 1. The van der Waals surface area contributed by atoms with E-state index in [2.05, 4.69) is 20.2 Å². The summed E-state index contributed by atoms with van der Waals surface area (Å²) >= 11 is 5.88. The molecule has 0 atom stereocenters. The number of ketones is 1. The first-order valence-electron chi connectivity index (χ1n) is 12.3. The lowest BCUT2D eigenvalue weighted by molar-refractivity contribution is 0.0952. The number of aromatic nitrogens is 2. The molecule has 2 saturated heterocycles. The van der Waals surface area contributed by atoms with Gasteiger partial charge in [0.1, 0.15) is 5.75 Å². The van der Waals surface area contributed by atoms with E-state index < -0.39 is 0 Å². The summed E-state index contributed by atoms with van der Waals surface area (Å²) < 4.78 is 6.00. The van der Waals surface area contributed by atoms with Gasteiger partial charge in [-0.2, -0.15) is 0 Å². The van der Waals surface area contributed by atoms with Crippen molar-refractivity contribution in [2.45, 2.75) is 51.9 Å². The number of halogens is 1. The summed E-state index contributed by atoms with van der Waals surface area (Å²) in [5.74, 6) is 3.13. The van der Waals surface area contributed by atoms with Gasteiger partial charge in [-0.1, -0.05) is 11.6 Å². The van der Waals surface area contributed by atoms with Crippen LogP contribution in [0, 0.1) is 18.8 Å². The molecule has 2 aliphatic rings. The van der Waals surface area contributed by atoms with E-state index in [0.717, 1.165) is 81.1 Å². The Morgan fingerprint density at radius 1 is 1.12 bits per heavy atom. The van der Waals surface area contributed by atoms with Crippen molar-refractivity contribution in [2.24, 2.45) is 11.8 Å². The van der Waals surface area contributed by atoms with Crippen LogP contribution in [-0.4, -0.2) is 48.5 Å². The number of nitrogens with one attached hydrogen (secondary N) is 1. The molecule has 0 amide bonds. The lowest BCUT2D eigenvalue weighted by Gasteiger charge is -2.32. The summed E-state index contributed by atoms with van der Waals surface area (Å²) in [6.07, 6.45) is 10.7. The molecule has 2 fully saturated rings. The fourth-order valence-corrected chi connectivity index (χ4v) is 5.05. The SMILES string of the molecule is Cc1cc(OCCCC2CCN(c3ncc(Cl)cn3)CC2)ccc1C(=O)CC1CCNCC1. The van der Waals surface area contributed by atoms with E-state index in [4.69, 9.17) is 16.3 Å². The predicted molar refractivity (Wildman–Crippen MR) is 132 cm³/mol. The first kappa shape index (κ1) is 24.0. The van der Waals surface area contributed by atoms with Crippen LogP contribution in [0.3, 0.4) is 0 Å². The van der Waals surface area contributed by atoms with E-state index in [0.29, 0.717) is 29.9 Å². The van der Waals surface area contributed by atoms with E-state index in [-0.39, 0.29) is 5.78 Å². The first-order chi connectivity index (χ1) is 16.1. The molecule has 0 saturated carbocycles. The third-order valence-electron chi connectivity index (χ3n) is 6.96. The van der Waals surface area contributed by atoms with E-state index in [9.17, 15) is 4.79 Å². The highest BCUT2D eigenvalue weighted by Crippen LogP contribution is 2.26. The maximum Gasteiger partial charge on any atom is 0.225 e. The molecule has 0 bridgehead atoms. The van der Waals surface area contributed by atoms with Gasteiger partial charge in [0.25, 0.3) is 0 Å². The van der Waals surface area contributed by atoms with E-state index >= 15 is 0 Å². The summed E-state index contributed by atoms with van der Waals surface area (Å²) in [7, 11) is 0. The van der Waals surface area contributed by atoms with Crippen LogP contribution >= 0.6 is 11.6 Å². The van der Waals surface area contributed by atoms with Gasteiger partial charge in [0.05, 0.1) is 24.0 Å². The number of anilines is 1. The van der Waals surface area contributed by atoms with Gasteiger partial charge in [-0.05, 0) is 94.1 Å². The fourth-order valence-electron chi connectivity index (χ4n) is 4.95. The number of benzene rings is 1. The van der Waals surface area contributed by atoms with Crippen LogP contribution in [0.5, 0.6) is 5.75 Å². The Bertz CT molecular complexity index is 907. The third-order valence-corrected chi connectivity index (χ3v) is 7.16. The lowest BCUT2D eigenvalue weighted by atomic mass is 9.89. The van der Waals surface area contributed by atoms with Gasteiger partial charge in [0.15, 0.2) is 5.78 Å². The predicted octanol–water partition coefficient (Wildman–Crippen LogP) is 5.09. The number of carbonyl (C=O) groups excluding carboxylic acids is 1. The van der Waals surface area contributed by atoms with Crippen LogP contribution in [0.2, 0.25) is 5.02 Å². The van der Waals surface area contributed by atoms with Gasteiger partial charge >= 0.3 is 0 Å². The highest BCUT2D eigenvalue weighted by molar-refractivity contribution is 6.30. The standard InChI is InChI=1S/C26H35ClN4O2/c1-19-15-23(4-5-24(19)25(32)16-21-6-10-28-11-7-21)33-14-2-3-20-8-12-31(13-9-20)26-29-17-22(27)18-30-26/h4-5,15,17-18,20-21,28H,2-3,6-14,16H2,1H3. The minimum absolute atomic E-state index is 0.265. The van der Waals surface area contributed by atoms with Crippen molar-refractivity contribution in [3.05, 3.63) is 46.7 Å². The van der Waals surface area contributed by atoms with Crippen molar-refractivity contribution in [2.75, 3.05) is 37.7 Å². The van der Waals surface area contributed by atoms with Crippen molar-refractivity contribution in [1.29, 1.82) is 0 Å². The van der Waals surface area contributed by atoms with Crippen molar-refractivity contribution in [3.8, 4) is 5.75 Å². The number of ether oxygens (including phenoxy) is 1. The van der Waals surface area contributed by atoms with Gasteiger partial charge in [0.2, 0.25) is 5.95 Å². The minimum atomic E-state index is 0.265. The molecular weight excluding hydrogens is 436 g/mol. The minimum Gasteiger partial charge on any atom is -0.494 e. The molecule has 1 N–H and O–H groups in total. The molecule has 1 aromatic heterocycles. The number of piperidine rings is 2. The van der Waals surface area contributed by atoms with Crippen LogP contribution in [-0.2, 0) is 0 Å². The molecule has 178 valence electrons. The second-order valence-electron chi connectivity index (χ2n) is 9.42. The molecule has 0 spiro atoms. The van der Waals surface area contributed by atoms with Crippen LogP contribution in [0.15, 0.2) is 30.6 Å². The van der Waals surface area contributed by atoms with Crippen LogP contribution in [0.25, 0.3) is 0 Å². The third kappa shape index (κ3) is 6.90. The molecule has 1 aromatic carbocycles. The molecule has 33 heavy (non-hydrogen) atoms. The largest absolute Gasteiger partial charge is 0.494 e. The van der Waals surface area contributed by atoms with Crippen molar-refractivity contribution >= 4 is 23.3 Å². The first-order valence-corrected chi connectivity index (χ1v) is 12.7. The van der Waals surface area contributed by atoms with Gasteiger partial charge in [-0.25, -0.2) is 9.97 Å². The Labute approximate surface area is 202 Å². The van der Waals surface area contributed by atoms with Crippen LogP contribution < -0.4 is 15.0 Å². The molecule has 6 nitrogen and oxygen atoms in total. The van der Waals surface area contributed by atoms with Crippen LogP contribution in [0.4, 0.5) is 5.95 Å². The number of nitrogens with zero attached hydrogens (tertiary/aromatic N) is 3. The number of hydrogen-bond acceptors (Lipinski definition) is 6. The van der Waals surface area contributed by atoms with E-state index in [1.54, 1.807) is 12.4 Å². The molecule has 4 rings (SSSR count). The Kier molecular flexibility index (Phi) is 8.57. The van der Waals surface area contributed by atoms with Gasteiger partial charge in [-0.15, -0.1) is 0 Å². The average Bonchev–Trinajstić information content (AvgIpc) is 2.83. The maximum absolute atomic E-state index is 12.7. The zero-order valence-electron chi connectivity index (χ0n) is 19.6. The molecule has 3 heterocycles. The monoisotopic (exact) mass is 470 g/mol. The number of Topliss-reactive ketones (excluding diaryl/α,β-unsaturated/α-hetero) is 1. The Morgan fingerprint density at radius 2 is 1.85 bits per heavy atom. The van der Waals surface area contributed by atoms with Crippen LogP contribution in [0.1, 0.15) is 60.9 Å². The van der Waals surface area contributed by atoms with E-state index in [1.165, 1.54) is 6.42 Å². The number of carbonyl (C=O) groups is 1. The van der Waals surface area contributed by atoms with Crippen molar-refractivity contribution < 1.29 is 9.53 Å². The quantitative estimate of drug-likeness (QED) is 0.407. The summed E-state index contributed by atoms with van der Waals surface area (Å²) in [6.45, 7) is 6.75.